The van der Waals surface area contributed by atoms with Crippen molar-refractivity contribution in [2.75, 3.05) is 25.6 Å². The summed E-state index contributed by atoms with van der Waals surface area (Å²) in [5.74, 6) is 0.165. The van der Waals surface area contributed by atoms with Crippen LogP contribution in [-0.2, 0) is 11.8 Å². The standard InChI is InChI=1S/C22H20FN5O5.C3H8.C2H6/c1-27-9-8-17-20(27)25-22(24-14-6-7-19(18(23)12-14)32-11-10-31-2)26-21(17)33-16-5-3-4-15(13-16)28(29)30;1-3-2;1-2/h3-9,12-13H,10-11H2,1-2H3,(H,24,25,26);3H2,1-2H3;1-2H3. The Labute approximate surface area is 221 Å². The van der Waals surface area contributed by atoms with E-state index in [-0.39, 0.29) is 35.6 Å². The average Bonchev–Trinajstić information content (AvgIpc) is 3.28. The lowest BCUT2D eigenvalue weighted by molar-refractivity contribution is -0.384. The smallest absolute Gasteiger partial charge is 0.273 e. The Kier molecular flexibility index (Phi) is 11.9. The molecule has 2 heterocycles. The number of fused-ring (bicyclic) bond motifs is 1. The van der Waals surface area contributed by atoms with E-state index < -0.39 is 10.7 Å². The fourth-order valence-electron chi connectivity index (χ4n) is 3.07. The molecule has 0 bridgehead atoms. The molecule has 0 fully saturated rings. The van der Waals surface area contributed by atoms with Crippen molar-refractivity contribution < 1.29 is 23.5 Å². The first-order valence-electron chi connectivity index (χ1n) is 12.3. The van der Waals surface area contributed by atoms with Crippen LogP contribution in [0.25, 0.3) is 11.0 Å². The lowest BCUT2D eigenvalue weighted by Gasteiger charge is -2.11. The molecule has 0 amide bonds. The van der Waals surface area contributed by atoms with E-state index in [0.29, 0.717) is 23.3 Å². The zero-order valence-electron chi connectivity index (χ0n) is 22.5. The van der Waals surface area contributed by atoms with E-state index >= 15 is 0 Å². The van der Waals surface area contributed by atoms with Crippen molar-refractivity contribution in [1.29, 1.82) is 0 Å². The molecule has 2 aromatic heterocycles. The van der Waals surface area contributed by atoms with Crippen LogP contribution < -0.4 is 14.8 Å². The van der Waals surface area contributed by atoms with E-state index in [1.54, 1.807) is 29.0 Å². The Bertz CT molecular complexity index is 1330. The molecule has 0 atom stereocenters. The first-order chi connectivity index (χ1) is 18.4. The van der Waals surface area contributed by atoms with Crippen LogP contribution in [0.15, 0.2) is 54.7 Å². The normalized spacial score (nSPS) is 10.1. The van der Waals surface area contributed by atoms with Crippen LogP contribution in [0, 0.1) is 15.9 Å². The lowest BCUT2D eigenvalue weighted by atomic mass is 10.3. The fraction of sp³-hybridized carbons (Fsp3) is 0.333. The molecule has 0 unspecified atom stereocenters. The van der Waals surface area contributed by atoms with Gasteiger partial charge in [0.1, 0.15) is 18.0 Å². The minimum atomic E-state index is -0.552. The van der Waals surface area contributed by atoms with Gasteiger partial charge >= 0.3 is 0 Å². The SMILES string of the molecule is CC.CCC.COCCOc1ccc(Nc2nc(Oc3cccc([N+](=O)[O-])c3)c3ccn(C)c3n2)cc1F. The van der Waals surface area contributed by atoms with Gasteiger partial charge in [-0.3, -0.25) is 10.1 Å². The second-order valence-corrected chi connectivity index (χ2v) is 7.69. The van der Waals surface area contributed by atoms with Crippen molar-refractivity contribution in [3.05, 3.63) is 70.7 Å². The number of aromatic nitrogens is 3. The maximum Gasteiger partial charge on any atom is 0.273 e. The summed E-state index contributed by atoms with van der Waals surface area (Å²) >= 11 is 0. The molecule has 10 nitrogen and oxygen atoms in total. The molecule has 11 heteroatoms. The summed E-state index contributed by atoms with van der Waals surface area (Å²) in [4.78, 5) is 19.4. The zero-order chi connectivity index (χ0) is 28.1. The molecule has 0 spiro atoms. The van der Waals surface area contributed by atoms with E-state index in [9.17, 15) is 14.5 Å². The van der Waals surface area contributed by atoms with Crippen LogP contribution >= 0.6 is 0 Å². The number of nitrogens with one attached hydrogen (secondary N) is 1. The Hall–Kier alpha value is -4.25. The predicted molar refractivity (Wildman–Crippen MR) is 146 cm³/mol. The number of anilines is 2. The Morgan fingerprint density at radius 3 is 2.47 bits per heavy atom. The van der Waals surface area contributed by atoms with Gasteiger partial charge in [0, 0.05) is 38.2 Å². The second-order valence-electron chi connectivity index (χ2n) is 7.69. The number of nitro benzene ring substituents is 1. The van der Waals surface area contributed by atoms with Gasteiger partial charge in [0.25, 0.3) is 5.69 Å². The molecule has 0 aliphatic rings. The number of rotatable bonds is 9. The van der Waals surface area contributed by atoms with Gasteiger partial charge in [0.15, 0.2) is 11.6 Å². The number of aryl methyl sites for hydroxylation is 1. The van der Waals surface area contributed by atoms with E-state index in [2.05, 4.69) is 29.1 Å². The topological polar surface area (TPSA) is 114 Å². The number of ether oxygens (including phenoxy) is 3. The molecular weight excluding hydrogens is 493 g/mol. The molecule has 4 aromatic rings. The molecule has 0 saturated carbocycles. The van der Waals surface area contributed by atoms with Crippen LogP contribution in [-0.4, -0.2) is 39.8 Å². The van der Waals surface area contributed by atoms with Crippen molar-refractivity contribution in [3.63, 3.8) is 0 Å². The maximum absolute atomic E-state index is 14.4. The third-order valence-electron chi connectivity index (χ3n) is 4.67. The molecular formula is C27H34FN5O5. The monoisotopic (exact) mass is 527 g/mol. The summed E-state index contributed by atoms with van der Waals surface area (Å²) in [7, 11) is 3.34. The minimum absolute atomic E-state index is 0.103. The number of non-ortho nitro benzene ring substituents is 1. The van der Waals surface area contributed by atoms with Crippen molar-refractivity contribution in [2.24, 2.45) is 7.05 Å². The highest BCUT2D eigenvalue weighted by molar-refractivity contribution is 5.83. The molecule has 38 heavy (non-hydrogen) atoms. The third-order valence-corrected chi connectivity index (χ3v) is 4.67. The van der Waals surface area contributed by atoms with Crippen molar-refractivity contribution in [1.82, 2.24) is 14.5 Å². The predicted octanol–water partition coefficient (Wildman–Crippen LogP) is 7.02. The van der Waals surface area contributed by atoms with Crippen molar-refractivity contribution in [3.8, 4) is 17.4 Å². The van der Waals surface area contributed by atoms with Crippen LogP contribution in [0.3, 0.4) is 0 Å². The van der Waals surface area contributed by atoms with Gasteiger partial charge in [-0.15, -0.1) is 0 Å². The van der Waals surface area contributed by atoms with Gasteiger partial charge in [0.05, 0.1) is 23.0 Å². The number of nitro groups is 1. The molecule has 4 rings (SSSR count). The number of benzene rings is 2. The van der Waals surface area contributed by atoms with E-state index in [0.717, 1.165) is 0 Å². The summed E-state index contributed by atoms with van der Waals surface area (Å²) < 4.78 is 32.2. The van der Waals surface area contributed by atoms with E-state index in [1.807, 2.05) is 20.9 Å². The second kappa shape index (κ2) is 15.1. The summed E-state index contributed by atoms with van der Waals surface area (Å²) in [6.07, 6.45) is 3.04. The molecule has 0 saturated heterocycles. The summed E-state index contributed by atoms with van der Waals surface area (Å²) in [6.45, 7) is 8.82. The van der Waals surface area contributed by atoms with Crippen molar-refractivity contribution >= 4 is 28.4 Å². The van der Waals surface area contributed by atoms with Gasteiger partial charge in [-0.1, -0.05) is 40.2 Å². The number of methoxy groups -OCH3 is 1. The highest BCUT2D eigenvalue weighted by atomic mass is 19.1. The quantitative estimate of drug-likeness (QED) is 0.140. The van der Waals surface area contributed by atoms with Gasteiger partial charge in [-0.25, -0.2) is 4.39 Å². The van der Waals surface area contributed by atoms with Crippen LogP contribution in [0.5, 0.6) is 17.4 Å². The minimum Gasteiger partial charge on any atom is -0.488 e. The van der Waals surface area contributed by atoms with E-state index in [4.69, 9.17) is 14.2 Å². The molecule has 2 aromatic carbocycles. The van der Waals surface area contributed by atoms with Crippen LogP contribution in [0.4, 0.5) is 21.7 Å². The summed E-state index contributed by atoms with van der Waals surface area (Å²) in [5.41, 5.74) is 0.863. The summed E-state index contributed by atoms with van der Waals surface area (Å²) in [6, 6.07) is 12.0. The highest BCUT2D eigenvalue weighted by Crippen LogP contribution is 2.31. The van der Waals surface area contributed by atoms with Crippen LogP contribution in [0.2, 0.25) is 0 Å². The van der Waals surface area contributed by atoms with E-state index in [1.165, 1.54) is 43.9 Å². The summed E-state index contributed by atoms with van der Waals surface area (Å²) in [5, 5.41) is 14.6. The molecule has 0 aliphatic heterocycles. The van der Waals surface area contributed by atoms with Crippen molar-refractivity contribution in [2.45, 2.75) is 34.1 Å². The highest BCUT2D eigenvalue weighted by Gasteiger charge is 2.15. The maximum atomic E-state index is 14.4. The Morgan fingerprint density at radius 2 is 1.82 bits per heavy atom. The first kappa shape index (κ1) is 30.0. The zero-order valence-corrected chi connectivity index (χ0v) is 22.5. The molecule has 204 valence electrons. The van der Waals surface area contributed by atoms with Crippen LogP contribution in [0.1, 0.15) is 34.1 Å². The number of nitrogens with zero attached hydrogens (tertiary/aromatic N) is 4. The van der Waals surface area contributed by atoms with Gasteiger partial charge in [0.2, 0.25) is 11.8 Å². The molecule has 0 radical (unpaired) electrons. The van der Waals surface area contributed by atoms with Gasteiger partial charge in [-0.2, -0.15) is 9.97 Å². The van der Waals surface area contributed by atoms with Gasteiger partial charge in [-0.05, 0) is 24.3 Å². The molecule has 1 N–H and O–H groups in total. The largest absolute Gasteiger partial charge is 0.488 e. The van der Waals surface area contributed by atoms with Gasteiger partial charge < -0.3 is 24.1 Å². The lowest BCUT2D eigenvalue weighted by Crippen LogP contribution is -2.06. The first-order valence-corrected chi connectivity index (χ1v) is 12.3. The number of halogens is 1. The third kappa shape index (κ3) is 8.13. The molecule has 0 aliphatic carbocycles. The Balaban J connectivity index is 0.000000947. The Morgan fingerprint density at radius 1 is 1.08 bits per heavy atom. The average molecular weight is 528 g/mol. The number of hydrogen-bond donors (Lipinski definition) is 1. The fourth-order valence-corrected chi connectivity index (χ4v) is 3.07. The number of hydrogen-bond acceptors (Lipinski definition) is 8.